The fourth-order valence-corrected chi connectivity index (χ4v) is 1.92. The van der Waals surface area contributed by atoms with Crippen LogP contribution in [0.4, 0.5) is 0 Å². The molecule has 0 N–H and O–H groups in total. The van der Waals surface area contributed by atoms with Gasteiger partial charge in [0.2, 0.25) is 0 Å². The van der Waals surface area contributed by atoms with Crippen LogP contribution in [0, 0.1) is 6.92 Å². The molecule has 2 aromatic carbocycles. The van der Waals surface area contributed by atoms with E-state index in [1.165, 1.54) is 5.56 Å². The molecule has 0 saturated heterocycles. The largest absolute Gasteiger partial charge is 0.459 e. The molecule has 98 valence electrons. The summed E-state index contributed by atoms with van der Waals surface area (Å²) in [6.45, 7) is 5.75. The standard InChI is InChI=1S/C17H18O2/c1-12(2)19-17(18)16-7-5-4-6-15(16)14-10-8-13(3)9-11-14/h4-12H,1-3H3. The maximum absolute atomic E-state index is 12.1. The monoisotopic (exact) mass is 254 g/mol. The van der Waals surface area contributed by atoms with Gasteiger partial charge in [0.05, 0.1) is 11.7 Å². The van der Waals surface area contributed by atoms with Crippen LogP contribution in [-0.2, 0) is 4.74 Å². The molecule has 0 aliphatic carbocycles. The Morgan fingerprint density at radius 1 is 1.00 bits per heavy atom. The maximum Gasteiger partial charge on any atom is 0.339 e. The second-order valence-corrected chi connectivity index (χ2v) is 4.87. The number of carbonyl (C=O) groups excluding carboxylic acids is 1. The van der Waals surface area contributed by atoms with Crippen molar-refractivity contribution in [2.75, 3.05) is 0 Å². The maximum atomic E-state index is 12.1. The predicted octanol–water partition coefficient (Wildman–Crippen LogP) is 4.23. The van der Waals surface area contributed by atoms with Crippen LogP contribution >= 0.6 is 0 Å². The van der Waals surface area contributed by atoms with Crippen LogP contribution in [0.5, 0.6) is 0 Å². The first kappa shape index (κ1) is 13.3. The molecule has 0 radical (unpaired) electrons. The molecule has 0 fully saturated rings. The van der Waals surface area contributed by atoms with E-state index in [4.69, 9.17) is 4.74 Å². The van der Waals surface area contributed by atoms with Crippen molar-refractivity contribution < 1.29 is 9.53 Å². The van der Waals surface area contributed by atoms with Gasteiger partial charge >= 0.3 is 5.97 Å². The van der Waals surface area contributed by atoms with Gasteiger partial charge in [-0.3, -0.25) is 0 Å². The minimum atomic E-state index is -0.272. The van der Waals surface area contributed by atoms with Crippen molar-refractivity contribution in [1.29, 1.82) is 0 Å². The molecule has 2 aromatic rings. The van der Waals surface area contributed by atoms with Gasteiger partial charge in [-0.1, -0.05) is 48.0 Å². The van der Waals surface area contributed by atoms with E-state index in [9.17, 15) is 4.79 Å². The highest BCUT2D eigenvalue weighted by molar-refractivity contribution is 5.97. The number of hydrogen-bond donors (Lipinski definition) is 0. The Morgan fingerprint density at radius 3 is 2.26 bits per heavy atom. The van der Waals surface area contributed by atoms with Gasteiger partial charge in [0.1, 0.15) is 0 Å². The molecule has 2 rings (SSSR count). The Balaban J connectivity index is 2.41. The van der Waals surface area contributed by atoms with Gasteiger partial charge in [-0.2, -0.15) is 0 Å². The molecule has 0 unspecified atom stereocenters. The summed E-state index contributed by atoms with van der Waals surface area (Å²) in [5.41, 5.74) is 3.75. The second-order valence-electron chi connectivity index (χ2n) is 4.87. The highest BCUT2D eigenvalue weighted by Gasteiger charge is 2.14. The van der Waals surface area contributed by atoms with Crippen molar-refractivity contribution in [2.24, 2.45) is 0 Å². The predicted molar refractivity (Wildman–Crippen MR) is 77.2 cm³/mol. The van der Waals surface area contributed by atoms with Crippen molar-refractivity contribution >= 4 is 5.97 Å². The first-order valence-corrected chi connectivity index (χ1v) is 6.45. The van der Waals surface area contributed by atoms with Crippen molar-refractivity contribution in [1.82, 2.24) is 0 Å². The summed E-state index contributed by atoms with van der Waals surface area (Å²) in [6.07, 6.45) is -0.112. The molecule has 2 nitrogen and oxygen atoms in total. The minimum Gasteiger partial charge on any atom is -0.459 e. The van der Waals surface area contributed by atoms with E-state index in [1.54, 1.807) is 6.07 Å². The molecule has 0 spiro atoms. The summed E-state index contributed by atoms with van der Waals surface area (Å²) in [5.74, 6) is -0.272. The van der Waals surface area contributed by atoms with Crippen LogP contribution in [0.3, 0.4) is 0 Å². The van der Waals surface area contributed by atoms with E-state index < -0.39 is 0 Å². The lowest BCUT2D eigenvalue weighted by atomic mass is 9.99. The molecule has 0 aliphatic rings. The lowest BCUT2D eigenvalue weighted by molar-refractivity contribution is 0.0379. The van der Waals surface area contributed by atoms with E-state index in [-0.39, 0.29) is 12.1 Å². The number of hydrogen-bond acceptors (Lipinski definition) is 2. The van der Waals surface area contributed by atoms with Gasteiger partial charge in [0.25, 0.3) is 0 Å². The third-order valence-electron chi connectivity index (χ3n) is 2.85. The molecule has 19 heavy (non-hydrogen) atoms. The van der Waals surface area contributed by atoms with Crippen molar-refractivity contribution in [3.05, 3.63) is 59.7 Å². The summed E-state index contributed by atoms with van der Waals surface area (Å²) in [6, 6.07) is 15.7. The zero-order chi connectivity index (χ0) is 13.8. The van der Waals surface area contributed by atoms with Crippen LogP contribution in [0.15, 0.2) is 48.5 Å². The normalized spacial score (nSPS) is 10.5. The Morgan fingerprint density at radius 2 is 1.63 bits per heavy atom. The summed E-state index contributed by atoms with van der Waals surface area (Å²) in [7, 11) is 0. The Labute approximate surface area is 114 Å². The number of rotatable bonds is 3. The molecule has 0 bridgehead atoms. The number of ether oxygens (including phenoxy) is 1. The number of carbonyl (C=O) groups is 1. The number of esters is 1. The van der Waals surface area contributed by atoms with E-state index in [0.717, 1.165) is 11.1 Å². The highest BCUT2D eigenvalue weighted by atomic mass is 16.5. The quantitative estimate of drug-likeness (QED) is 0.766. The van der Waals surface area contributed by atoms with E-state index >= 15 is 0 Å². The minimum absolute atomic E-state index is 0.112. The highest BCUT2D eigenvalue weighted by Crippen LogP contribution is 2.24. The molecular formula is C17H18O2. The summed E-state index contributed by atoms with van der Waals surface area (Å²) in [5, 5.41) is 0. The third-order valence-corrected chi connectivity index (χ3v) is 2.85. The van der Waals surface area contributed by atoms with E-state index in [0.29, 0.717) is 5.56 Å². The average molecular weight is 254 g/mol. The zero-order valence-electron chi connectivity index (χ0n) is 11.5. The first-order valence-electron chi connectivity index (χ1n) is 6.45. The molecule has 0 aromatic heterocycles. The van der Waals surface area contributed by atoms with E-state index in [1.807, 2.05) is 63.2 Å². The Kier molecular flexibility index (Phi) is 4.00. The van der Waals surface area contributed by atoms with Crippen LogP contribution in [-0.4, -0.2) is 12.1 Å². The Hall–Kier alpha value is -2.09. The molecule has 0 saturated carbocycles. The fourth-order valence-electron chi connectivity index (χ4n) is 1.92. The molecule has 0 atom stereocenters. The lowest BCUT2D eigenvalue weighted by Gasteiger charge is -2.12. The zero-order valence-corrected chi connectivity index (χ0v) is 11.5. The topological polar surface area (TPSA) is 26.3 Å². The van der Waals surface area contributed by atoms with Gasteiger partial charge in [-0.15, -0.1) is 0 Å². The summed E-state index contributed by atoms with van der Waals surface area (Å²) in [4.78, 5) is 12.1. The van der Waals surface area contributed by atoms with Crippen LogP contribution < -0.4 is 0 Å². The van der Waals surface area contributed by atoms with E-state index in [2.05, 4.69) is 0 Å². The van der Waals surface area contributed by atoms with Crippen LogP contribution in [0.25, 0.3) is 11.1 Å². The molecule has 2 heteroatoms. The van der Waals surface area contributed by atoms with Gasteiger partial charge in [-0.25, -0.2) is 4.79 Å². The summed E-state index contributed by atoms with van der Waals surface area (Å²) < 4.78 is 5.28. The van der Waals surface area contributed by atoms with Crippen molar-refractivity contribution in [3.63, 3.8) is 0 Å². The van der Waals surface area contributed by atoms with Crippen LogP contribution in [0.2, 0.25) is 0 Å². The van der Waals surface area contributed by atoms with Gasteiger partial charge < -0.3 is 4.74 Å². The third kappa shape index (κ3) is 3.22. The smallest absolute Gasteiger partial charge is 0.339 e. The fraction of sp³-hybridized carbons (Fsp3) is 0.235. The van der Waals surface area contributed by atoms with Gasteiger partial charge in [-0.05, 0) is 38.0 Å². The number of benzene rings is 2. The Bertz CT molecular complexity index is 568. The van der Waals surface area contributed by atoms with Crippen LogP contribution in [0.1, 0.15) is 29.8 Å². The SMILES string of the molecule is Cc1ccc(-c2ccccc2C(=O)OC(C)C)cc1. The van der Waals surface area contributed by atoms with Gasteiger partial charge in [0.15, 0.2) is 0 Å². The lowest BCUT2D eigenvalue weighted by Crippen LogP contribution is -2.12. The van der Waals surface area contributed by atoms with Crippen molar-refractivity contribution in [3.8, 4) is 11.1 Å². The van der Waals surface area contributed by atoms with Gasteiger partial charge in [0, 0.05) is 0 Å². The molecular weight excluding hydrogens is 236 g/mol. The average Bonchev–Trinajstić information content (AvgIpc) is 2.39. The summed E-state index contributed by atoms with van der Waals surface area (Å²) >= 11 is 0. The molecule has 0 aliphatic heterocycles. The molecule has 0 heterocycles. The number of aryl methyl sites for hydroxylation is 1. The van der Waals surface area contributed by atoms with Crippen molar-refractivity contribution in [2.45, 2.75) is 26.9 Å². The first-order chi connectivity index (χ1) is 9.08. The second kappa shape index (κ2) is 5.70. The molecule has 0 amide bonds.